The van der Waals surface area contributed by atoms with Gasteiger partial charge < -0.3 is 9.84 Å². The molecule has 1 N–H and O–H groups in total. The molecule has 1 saturated carbocycles. The molecule has 6 atom stereocenters. The Hall–Kier alpha value is -3.26. The van der Waals surface area contributed by atoms with Crippen molar-refractivity contribution in [3.8, 4) is 11.5 Å². The lowest BCUT2D eigenvalue weighted by Crippen LogP contribution is -2.43. The van der Waals surface area contributed by atoms with E-state index < -0.39 is 35.5 Å². The normalized spacial score (nSPS) is 28.0. The van der Waals surface area contributed by atoms with Crippen LogP contribution in [0.1, 0.15) is 24.3 Å². The van der Waals surface area contributed by atoms with Crippen LogP contribution in [-0.2, 0) is 19.2 Å². The SMILES string of the molecule is COc1cccc(O)c1C1C2=CCC3C(=O)N(c4ccc(I)cc4)C(=O)C3C2CC2C(=O)N(c3ccc(I)cc3)C(=O)C21. The van der Waals surface area contributed by atoms with Crippen LogP contribution in [0.25, 0.3) is 0 Å². The summed E-state index contributed by atoms with van der Waals surface area (Å²) in [6, 6.07) is 19.4. The molecule has 10 heteroatoms. The molecule has 3 aromatic rings. The standard InChI is InChI=1S/C33H26I2N2O6/c1-43-25-4-2-3-24(38)29(25)27-20-13-14-21-26(32(41)36(30(21)39)18-9-5-16(34)6-10-18)22(20)15-23-28(27)33(42)37(31(23)40)19-11-7-17(35)8-12-19/h2-13,21-23,26-28,38H,14-15H2,1H3. The third-order valence-corrected chi connectivity index (χ3v) is 10.8. The van der Waals surface area contributed by atoms with Gasteiger partial charge in [0.05, 0.1) is 42.2 Å². The third-order valence-electron chi connectivity index (χ3n) is 9.39. The molecule has 0 bridgehead atoms. The molecule has 2 aliphatic carbocycles. The number of phenols is 1. The lowest BCUT2D eigenvalue weighted by atomic mass is 9.57. The maximum atomic E-state index is 14.2. The average molecular weight is 800 g/mol. The lowest BCUT2D eigenvalue weighted by molar-refractivity contribution is -0.126. The van der Waals surface area contributed by atoms with Crippen LogP contribution in [0, 0.1) is 36.7 Å². The number of rotatable bonds is 4. The number of hydrogen-bond acceptors (Lipinski definition) is 6. The number of ether oxygens (including phenoxy) is 1. The Balaban J connectivity index is 1.36. The number of nitrogens with zero attached hydrogens (tertiary/aromatic N) is 2. The van der Waals surface area contributed by atoms with Crippen LogP contribution in [0.4, 0.5) is 11.4 Å². The molecule has 8 nitrogen and oxygen atoms in total. The van der Waals surface area contributed by atoms with Crippen LogP contribution in [0.15, 0.2) is 78.4 Å². The first-order valence-corrected chi connectivity index (χ1v) is 16.2. The first-order chi connectivity index (χ1) is 20.7. The molecule has 2 heterocycles. The molecular weight excluding hydrogens is 774 g/mol. The smallest absolute Gasteiger partial charge is 0.238 e. The minimum atomic E-state index is -0.799. The van der Waals surface area contributed by atoms with Gasteiger partial charge >= 0.3 is 0 Å². The Kier molecular flexibility index (Phi) is 7.11. The summed E-state index contributed by atoms with van der Waals surface area (Å²) in [6.07, 6.45) is 2.55. The van der Waals surface area contributed by atoms with Gasteiger partial charge in [-0.25, -0.2) is 0 Å². The van der Waals surface area contributed by atoms with Crippen molar-refractivity contribution in [2.45, 2.75) is 18.8 Å². The van der Waals surface area contributed by atoms with Crippen LogP contribution >= 0.6 is 45.2 Å². The largest absolute Gasteiger partial charge is 0.508 e. The summed E-state index contributed by atoms with van der Waals surface area (Å²) in [5.74, 6) is -4.82. The van der Waals surface area contributed by atoms with E-state index in [1.807, 2.05) is 30.3 Å². The monoisotopic (exact) mass is 800 g/mol. The number of methoxy groups -OCH3 is 1. The summed E-state index contributed by atoms with van der Waals surface area (Å²) in [5.41, 5.74) is 2.24. The van der Waals surface area contributed by atoms with Crippen molar-refractivity contribution < 1.29 is 29.0 Å². The van der Waals surface area contributed by atoms with Gasteiger partial charge in [0.2, 0.25) is 23.6 Å². The first-order valence-electron chi connectivity index (χ1n) is 14.0. The van der Waals surface area contributed by atoms with Gasteiger partial charge in [0.25, 0.3) is 0 Å². The molecule has 6 unspecified atom stereocenters. The van der Waals surface area contributed by atoms with Crippen molar-refractivity contribution >= 4 is 80.2 Å². The molecule has 0 aromatic heterocycles. The molecule has 0 radical (unpaired) electrons. The number of amides is 4. The highest BCUT2D eigenvalue weighted by molar-refractivity contribution is 14.1. The van der Waals surface area contributed by atoms with Crippen molar-refractivity contribution in [3.05, 3.63) is 91.1 Å². The molecule has 43 heavy (non-hydrogen) atoms. The third kappa shape index (κ3) is 4.34. The number of hydrogen-bond donors (Lipinski definition) is 1. The second-order valence-corrected chi connectivity index (χ2v) is 13.9. The van der Waals surface area contributed by atoms with Gasteiger partial charge in [0, 0.05) is 18.6 Å². The van der Waals surface area contributed by atoms with E-state index in [2.05, 4.69) is 45.2 Å². The van der Waals surface area contributed by atoms with Gasteiger partial charge in [-0.15, -0.1) is 0 Å². The van der Waals surface area contributed by atoms with E-state index in [-0.39, 0.29) is 35.8 Å². The summed E-state index contributed by atoms with van der Waals surface area (Å²) in [6.45, 7) is 0. The second-order valence-electron chi connectivity index (χ2n) is 11.4. The van der Waals surface area contributed by atoms with Crippen molar-refractivity contribution in [3.63, 3.8) is 0 Å². The Morgan fingerprint density at radius 2 is 1.28 bits per heavy atom. The summed E-state index contributed by atoms with van der Waals surface area (Å²) in [5, 5.41) is 11.2. The fraction of sp³-hybridized carbons (Fsp3) is 0.273. The molecule has 2 aliphatic heterocycles. The Labute approximate surface area is 275 Å². The number of carbonyl (C=O) groups excluding carboxylic acids is 4. The van der Waals surface area contributed by atoms with Crippen LogP contribution in [0.2, 0.25) is 0 Å². The highest BCUT2D eigenvalue weighted by Gasteiger charge is 2.62. The van der Waals surface area contributed by atoms with Crippen molar-refractivity contribution in [2.75, 3.05) is 16.9 Å². The van der Waals surface area contributed by atoms with Gasteiger partial charge in [-0.2, -0.15) is 0 Å². The highest BCUT2D eigenvalue weighted by Crippen LogP contribution is 2.60. The summed E-state index contributed by atoms with van der Waals surface area (Å²) < 4.78 is 7.63. The number of imide groups is 2. The van der Waals surface area contributed by atoms with E-state index in [9.17, 15) is 24.3 Å². The fourth-order valence-corrected chi connectivity index (χ4v) is 8.34. The average Bonchev–Trinajstić information content (AvgIpc) is 3.41. The summed E-state index contributed by atoms with van der Waals surface area (Å²) in [7, 11) is 1.50. The maximum absolute atomic E-state index is 14.2. The van der Waals surface area contributed by atoms with Crippen LogP contribution in [0.5, 0.6) is 11.5 Å². The first kappa shape index (κ1) is 28.5. The molecule has 4 aliphatic rings. The van der Waals surface area contributed by atoms with E-state index in [1.165, 1.54) is 16.9 Å². The van der Waals surface area contributed by atoms with Gasteiger partial charge in [0.1, 0.15) is 11.5 Å². The van der Waals surface area contributed by atoms with Gasteiger partial charge in [-0.05, 0) is 125 Å². The van der Waals surface area contributed by atoms with Crippen LogP contribution in [0.3, 0.4) is 0 Å². The number of carbonyl (C=O) groups is 4. The van der Waals surface area contributed by atoms with E-state index in [0.717, 1.165) is 12.7 Å². The summed E-state index contributed by atoms with van der Waals surface area (Å²) in [4.78, 5) is 58.7. The number of fused-ring (bicyclic) bond motifs is 4. The number of phenolic OH excluding ortho intramolecular Hbond substituents is 1. The van der Waals surface area contributed by atoms with Crippen LogP contribution < -0.4 is 14.5 Å². The zero-order valence-corrected chi connectivity index (χ0v) is 27.3. The molecule has 4 amide bonds. The minimum Gasteiger partial charge on any atom is -0.508 e. The molecular formula is C33H26I2N2O6. The molecule has 2 saturated heterocycles. The molecule has 3 aromatic carbocycles. The lowest BCUT2D eigenvalue weighted by Gasteiger charge is -2.44. The number of anilines is 2. The van der Waals surface area contributed by atoms with E-state index in [1.54, 1.807) is 42.5 Å². The predicted octanol–water partition coefficient (Wildman–Crippen LogP) is 5.66. The zero-order chi connectivity index (χ0) is 30.2. The minimum absolute atomic E-state index is 0.0472. The molecule has 3 fully saturated rings. The van der Waals surface area contributed by atoms with Gasteiger partial charge in [-0.1, -0.05) is 17.7 Å². The number of allylic oxidation sites excluding steroid dienone is 2. The Morgan fingerprint density at radius 3 is 1.86 bits per heavy atom. The Bertz CT molecular complexity index is 1720. The Morgan fingerprint density at radius 1 is 0.721 bits per heavy atom. The van der Waals surface area contributed by atoms with Crippen molar-refractivity contribution in [2.24, 2.45) is 29.6 Å². The fourth-order valence-electron chi connectivity index (χ4n) is 7.62. The zero-order valence-electron chi connectivity index (χ0n) is 22.9. The topological polar surface area (TPSA) is 104 Å². The summed E-state index contributed by atoms with van der Waals surface area (Å²) >= 11 is 4.35. The molecule has 218 valence electrons. The quantitative estimate of drug-likeness (QED) is 0.208. The van der Waals surface area contributed by atoms with Crippen molar-refractivity contribution in [1.29, 1.82) is 0 Å². The van der Waals surface area contributed by atoms with E-state index in [0.29, 0.717) is 29.1 Å². The second kappa shape index (κ2) is 10.7. The van der Waals surface area contributed by atoms with Crippen molar-refractivity contribution in [1.82, 2.24) is 0 Å². The highest BCUT2D eigenvalue weighted by atomic mass is 127. The number of halogens is 2. The van der Waals surface area contributed by atoms with Gasteiger partial charge in [0.15, 0.2) is 0 Å². The number of aromatic hydroxyl groups is 1. The van der Waals surface area contributed by atoms with Crippen LogP contribution in [-0.4, -0.2) is 35.8 Å². The van der Waals surface area contributed by atoms with E-state index in [4.69, 9.17) is 4.74 Å². The predicted molar refractivity (Wildman–Crippen MR) is 175 cm³/mol. The maximum Gasteiger partial charge on any atom is 0.238 e. The molecule has 7 rings (SSSR count). The number of benzene rings is 3. The molecule has 0 spiro atoms. The van der Waals surface area contributed by atoms with E-state index >= 15 is 0 Å². The van der Waals surface area contributed by atoms with Gasteiger partial charge in [-0.3, -0.25) is 29.0 Å².